The summed E-state index contributed by atoms with van der Waals surface area (Å²) in [5, 5.41) is 11.5. The van der Waals surface area contributed by atoms with E-state index in [-0.39, 0.29) is 17.7 Å². The fourth-order valence-electron chi connectivity index (χ4n) is 3.16. The third kappa shape index (κ3) is 3.91. The van der Waals surface area contributed by atoms with E-state index in [0.29, 0.717) is 17.8 Å². The number of carbonyl (C=O) groups is 1. The van der Waals surface area contributed by atoms with E-state index in [1.54, 1.807) is 28.4 Å². The van der Waals surface area contributed by atoms with Crippen LogP contribution in [0.1, 0.15) is 27.3 Å². The third-order valence-electron chi connectivity index (χ3n) is 4.54. The lowest BCUT2D eigenvalue weighted by Gasteiger charge is -2.05. The zero-order valence-corrected chi connectivity index (χ0v) is 16.0. The molecule has 4 aromatic rings. The van der Waals surface area contributed by atoms with Crippen molar-refractivity contribution in [1.82, 2.24) is 24.5 Å². The van der Waals surface area contributed by atoms with E-state index in [4.69, 9.17) is 0 Å². The first-order valence-corrected chi connectivity index (χ1v) is 9.08. The molecule has 0 atom stereocenters. The highest BCUT2D eigenvalue weighted by molar-refractivity contribution is 6.05. The van der Waals surface area contributed by atoms with E-state index in [9.17, 15) is 9.18 Å². The van der Waals surface area contributed by atoms with Crippen molar-refractivity contribution in [3.63, 3.8) is 0 Å². The van der Waals surface area contributed by atoms with Gasteiger partial charge in [-0.05, 0) is 43.7 Å². The molecule has 0 aliphatic heterocycles. The van der Waals surface area contributed by atoms with Crippen molar-refractivity contribution in [2.24, 2.45) is 0 Å². The molecule has 1 amide bonds. The molecular weight excluding hydrogens is 371 g/mol. The van der Waals surface area contributed by atoms with E-state index < -0.39 is 0 Å². The van der Waals surface area contributed by atoms with Gasteiger partial charge in [0.2, 0.25) is 5.95 Å². The van der Waals surface area contributed by atoms with Crippen molar-refractivity contribution in [3.05, 3.63) is 89.3 Å². The van der Waals surface area contributed by atoms with E-state index in [1.165, 1.54) is 18.5 Å². The normalized spacial score (nSPS) is 10.9. The Morgan fingerprint density at radius 2 is 1.76 bits per heavy atom. The first-order chi connectivity index (χ1) is 14.0. The molecule has 0 saturated carbocycles. The number of amides is 1. The number of aryl methyl sites for hydroxylation is 1. The van der Waals surface area contributed by atoms with Gasteiger partial charge in [0, 0.05) is 0 Å². The van der Waals surface area contributed by atoms with Crippen molar-refractivity contribution >= 4 is 11.9 Å². The summed E-state index contributed by atoms with van der Waals surface area (Å²) in [5.74, 6) is -0.410. The Morgan fingerprint density at radius 1 is 1.03 bits per heavy atom. The van der Waals surface area contributed by atoms with Gasteiger partial charge in [0.15, 0.2) is 0 Å². The fourth-order valence-corrected chi connectivity index (χ4v) is 3.16. The molecule has 0 spiro atoms. The van der Waals surface area contributed by atoms with Crippen LogP contribution in [0.25, 0.3) is 5.69 Å². The van der Waals surface area contributed by atoms with Gasteiger partial charge in [-0.15, -0.1) is 5.10 Å². The lowest BCUT2D eigenvalue weighted by atomic mass is 10.2. The van der Waals surface area contributed by atoms with Crippen LogP contribution < -0.4 is 5.32 Å². The van der Waals surface area contributed by atoms with Gasteiger partial charge in [-0.1, -0.05) is 30.3 Å². The largest absolute Gasteiger partial charge is 0.289 e. The number of rotatable bonds is 5. The summed E-state index contributed by atoms with van der Waals surface area (Å²) < 4.78 is 16.3. The van der Waals surface area contributed by atoms with Crippen molar-refractivity contribution in [1.29, 1.82) is 0 Å². The topological polar surface area (TPSA) is 77.6 Å². The average molecular weight is 390 g/mol. The Labute approximate surface area is 166 Å². The van der Waals surface area contributed by atoms with Gasteiger partial charge in [0.25, 0.3) is 5.91 Å². The average Bonchev–Trinajstić information content (AvgIpc) is 3.27. The summed E-state index contributed by atoms with van der Waals surface area (Å²) in [7, 11) is 0. The standard InChI is InChI=1S/C21H19FN6O/c1-14-19(15(2)28(25-14)18-6-4-3-5-7-18)20(29)24-21-23-13-27(26-21)12-16-8-10-17(22)11-9-16/h3-11,13H,12H2,1-2H3,(H,24,26,29). The molecule has 0 bridgehead atoms. The van der Waals surface area contributed by atoms with Crippen LogP contribution in [0, 0.1) is 19.7 Å². The zero-order valence-electron chi connectivity index (χ0n) is 16.0. The Kier molecular flexibility index (Phi) is 4.90. The molecule has 0 radical (unpaired) electrons. The van der Waals surface area contributed by atoms with Crippen molar-refractivity contribution in [3.8, 4) is 5.69 Å². The number of hydrogen-bond acceptors (Lipinski definition) is 4. The highest BCUT2D eigenvalue weighted by Gasteiger charge is 2.20. The smallest absolute Gasteiger partial charge is 0.261 e. The second kappa shape index (κ2) is 7.67. The molecule has 4 rings (SSSR count). The number of carbonyl (C=O) groups excluding carboxylic acids is 1. The first-order valence-electron chi connectivity index (χ1n) is 9.08. The van der Waals surface area contributed by atoms with Crippen LogP contribution in [0.5, 0.6) is 0 Å². The van der Waals surface area contributed by atoms with E-state index in [0.717, 1.165) is 16.9 Å². The van der Waals surface area contributed by atoms with Crippen LogP contribution in [-0.4, -0.2) is 30.5 Å². The van der Waals surface area contributed by atoms with Gasteiger partial charge in [-0.2, -0.15) is 5.10 Å². The van der Waals surface area contributed by atoms with Gasteiger partial charge in [0.05, 0.1) is 29.2 Å². The molecule has 2 heterocycles. The molecule has 0 saturated heterocycles. The van der Waals surface area contributed by atoms with Crippen LogP contribution >= 0.6 is 0 Å². The Bertz CT molecular complexity index is 1150. The van der Waals surface area contributed by atoms with Crippen molar-refractivity contribution in [2.45, 2.75) is 20.4 Å². The molecule has 0 aliphatic rings. The lowest BCUT2D eigenvalue weighted by molar-refractivity contribution is 0.102. The molecule has 0 unspecified atom stereocenters. The lowest BCUT2D eigenvalue weighted by Crippen LogP contribution is -2.15. The third-order valence-corrected chi connectivity index (χ3v) is 4.54. The number of aromatic nitrogens is 5. The van der Waals surface area contributed by atoms with Gasteiger partial charge in [-0.3, -0.25) is 10.1 Å². The summed E-state index contributed by atoms with van der Waals surface area (Å²) >= 11 is 0. The number of nitrogens with zero attached hydrogens (tertiary/aromatic N) is 5. The maximum Gasteiger partial charge on any atom is 0.261 e. The van der Waals surface area contributed by atoms with Crippen molar-refractivity contribution in [2.75, 3.05) is 5.32 Å². The summed E-state index contributed by atoms with van der Waals surface area (Å²) in [6.45, 7) is 4.07. The molecular formula is C21H19FN6O. The van der Waals surface area contributed by atoms with E-state index >= 15 is 0 Å². The summed E-state index contributed by atoms with van der Waals surface area (Å²) in [6, 6.07) is 15.8. The highest BCUT2D eigenvalue weighted by atomic mass is 19.1. The first kappa shape index (κ1) is 18.5. The second-order valence-electron chi connectivity index (χ2n) is 6.64. The van der Waals surface area contributed by atoms with Crippen LogP contribution in [0.3, 0.4) is 0 Å². The number of para-hydroxylation sites is 1. The SMILES string of the molecule is Cc1nn(-c2ccccc2)c(C)c1C(=O)Nc1ncn(Cc2ccc(F)cc2)n1. The summed E-state index contributed by atoms with van der Waals surface area (Å²) in [5.41, 5.74) is 3.61. The zero-order chi connectivity index (χ0) is 20.4. The van der Waals surface area contributed by atoms with Gasteiger partial charge in [0.1, 0.15) is 12.1 Å². The molecule has 146 valence electrons. The number of nitrogens with one attached hydrogen (secondary N) is 1. The second-order valence-corrected chi connectivity index (χ2v) is 6.64. The maximum atomic E-state index is 13.0. The predicted octanol–water partition coefficient (Wildman–Crippen LogP) is 3.52. The number of hydrogen-bond donors (Lipinski definition) is 1. The minimum Gasteiger partial charge on any atom is -0.289 e. The highest BCUT2D eigenvalue weighted by Crippen LogP contribution is 2.19. The minimum atomic E-state index is -0.318. The number of halogens is 1. The Hall–Kier alpha value is -3.81. The summed E-state index contributed by atoms with van der Waals surface area (Å²) in [6.07, 6.45) is 1.52. The Balaban J connectivity index is 1.51. The van der Waals surface area contributed by atoms with Gasteiger partial charge < -0.3 is 0 Å². The predicted molar refractivity (Wildman–Crippen MR) is 107 cm³/mol. The fraction of sp³-hybridized carbons (Fsp3) is 0.143. The van der Waals surface area contributed by atoms with Crippen LogP contribution in [0.4, 0.5) is 10.3 Å². The maximum absolute atomic E-state index is 13.0. The molecule has 29 heavy (non-hydrogen) atoms. The van der Waals surface area contributed by atoms with E-state index in [2.05, 4.69) is 20.5 Å². The molecule has 8 heteroatoms. The summed E-state index contributed by atoms with van der Waals surface area (Å²) in [4.78, 5) is 16.9. The monoisotopic (exact) mass is 390 g/mol. The molecule has 1 N–H and O–H groups in total. The van der Waals surface area contributed by atoms with Gasteiger partial charge in [-0.25, -0.2) is 18.7 Å². The molecule has 2 aromatic carbocycles. The van der Waals surface area contributed by atoms with Crippen LogP contribution in [0.2, 0.25) is 0 Å². The molecule has 0 aliphatic carbocycles. The minimum absolute atomic E-state index is 0.198. The van der Waals surface area contributed by atoms with Crippen LogP contribution in [0.15, 0.2) is 60.9 Å². The van der Waals surface area contributed by atoms with Crippen LogP contribution in [-0.2, 0) is 6.54 Å². The van der Waals surface area contributed by atoms with Gasteiger partial charge >= 0.3 is 0 Å². The van der Waals surface area contributed by atoms with Crippen molar-refractivity contribution < 1.29 is 9.18 Å². The quantitative estimate of drug-likeness (QED) is 0.566. The molecule has 0 fully saturated rings. The van der Waals surface area contributed by atoms with E-state index in [1.807, 2.05) is 37.3 Å². The molecule has 2 aromatic heterocycles. The molecule has 7 nitrogen and oxygen atoms in total. The number of benzene rings is 2. The number of anilines is 1. The Morgan fingerprint density at radius 3 is 2.48 bits per heavy atom.